The number of nitrogens with zero attached hydrogens (tertiary/aromatic N) is 3. The zero-order chi connectivity index (χ0) is 22.7. The number of nitrogens with one attached hydrogen (secondary N) is 1. The monoisotopic (exact) mass is 448 g/mol. The van der Waals surface area contributed by atoms with E-state index in [1.165, 1.54) is 24.3 Å². The maximum Gasteiger partial charge on any atom is 0.573 e. The van der Waals surface area contributed by atoms with Gasteiger partial charge in [-0.3, -0.25) is 14.8 Å². The van der Waals surface area contributed by atoms with Gasteiger partial charge in [0, 0.05) is 17.3 Å². The molecule has 32 heavy (non-hydrogen) atoms. The molecule has 2 N–H and O–H groups in total. The molecule has 4 rings (SSSR count). The summed E-state index contributed by atoms with van der Waals surface area (Å²) in [6.45, 7) is 0.485. The third-order valence-electron chi connectivity index (χ3n) is 4.85. The van der Waals surface area contributed by atoms with Crippen LogP contribution in [0.15, 0.2) is 65.5 Å². The normalized spacial score (nSPS) is 21.1. The highest BCUT2D eigenvalue weighted by atomic mass is 19.4. The summed E-state index contributed by atoms with van der Waals surface area (Å²) in [5, 5.41) is 18.8. The Labute approximate surface area is 181 Å². The van der Waals surface area contributed by atoms with Gasteiger partial charge in [0.05, 0.1) is 49.5 Å². The number of pyridine rings is 1. The highest BCUT2D eigenvalue weighted by Crippen LogP contribution is 2.25. The van der Waals surface area contributed by atoms with Crippen molar-refractivity contribution in [3.8, 4) is 5.75 Å². The second kappa shape index (κ2) is 8.97. The molecule has 2 atom stereocenters. The number of aromatic nitrogens is 1. The molecule has 2 aliphatic rings. The van der Waals surface area contributed by atoms with Crippen molar-refractivity contribution in [1.82, 2.24) is 10.3 Å². The third kappa shape index (κ3) is 5.24. The summed E-state index contributed by atoms with van der Waals surface area (Å²) in [5.41, 5.74) is 1.84. The summed E-state index contributed by atoms with van der Waals surface area (Å²) in [7, 11) is 0. The lowest BCUT2D eigenvalue weighted by atomic mass is 10.0. The van der Waals surface area contributed by atoms with Crippen LogP contribution in [-0.4, -0.2) is 60.0 Å². The van der Waals surface area contributed by atoms with E-state index in [1.54, 1.807) is 35.6 Å². The van der Waals surface area contributed by atoms with Crippen LogP contribution in [0.25, 0.3) is 0 Å². The van der Waals surface area contributed by atoms with Crippen LogP contribution in [0, 0.1) is 0 Å². The summed E-state index contributed by atoms with van der Waals surface area (Å²) in [4.78, 5) is 16.9. The molecule has 1 saturated heterocycles. The first kappa shape index (κ1) is 21.8. The number of aliphatic hydroxyl groups is 1. The van der Waals surface area contributed by atoms with E-state index in [0.717, 1.165) is 0 Å². The van der Waals surface area contributed by atoms with Crippen molar-refractivity contribution in [2.75, 3.05) is 24.8 Å². The first-order valence-electron chi connectivity index (χ1n) is 9.68. The number of hydrogen-bond acceptors (Lipinski definition) is 7. The standard InChI is InChI=1S/C21H19F3N4O4/c22-21(23,24)32-16-5-3-13(4-6-16)17-8-14(20(30)26-18-11-31-12-19(18)29)10-28(27-17)15-2-1-7-25-9-15/h1-9,18-19,29H,10-12H2,(H,26,30)/t18-,19-/m0/s1. The number of alkyl halides is 3. The van der Waals surface area contributed by atoms with E-state index in [-0.39, 0.29) is 25.5 Å². The maximum atomic E-state index is 12.9. The Morgan fingerprint density at radius 3 is 2.62 bits per heavy atom. The smallest absolute Gasteiger partial charge is 0.406 e. The number of allylic oxidation sites excluding steroid dienone is 1. The molecule has 8 nitrogen and oxygen atoms in total. The van der Waals surface area contributed by atoms with Gasteiger partial charge >= 0.3 is 6.36 Å². The first-order chi connectivity index (χ1) is 15.3. The van der Waals surface area contributed by atoms with Gasteiger partial charge in [-0.25, -0.2) is 0 Å². The van der Waals surface area contributed by atoms with E-state index in [9.17, 15) is 23.1 Å². The predicted octanol–water partition coefficient (Wildman–Crippen LogP) is 2.01. The predicted molar refractivity (Wildman–Crippen MR) is 108 cm³/mol. The molecule has 0 aliphatic carbocycles. The van der Waals surface area contributed by atoms with Gasteiger partial charge < -0.3 is 19.9 Å². The van der Waals surface area contributed by atoms with E-state index in [0.29, 0.717) is 22.5 Å². The van der Waals surface area contributed by atoms with Crippen LogP contribution < -0.4 is 15.1 Å². The Bertz CT molecular complexity index is 1030. The fourth-order valence-electron chi connectivity index (χ4n) is 3.27. The molecule has 1 aromatic heterocycles. The van der Waals surface area contributed by atoms with Crippen molar-refractivity contribution < 1.29 is 32.5 Å². The third-order valence-corrected chi connectivity index (χ3v) is 4.85. The van der Waals surface area contributed by atoms with E-state index in [1.807, 2.05) is 0 Å². The number of carbonyl (C=O) groups excluding carboxylic acids is 1. The van der Waals surface area contributed by atoms with Crippen molar-refractivity contribution in [2.24, 2.45) is 5.10 Å². The van der Waals surface area contributed by atoms with Crippen LogP contribution in [-0.2, 0) is 9.53 Å². The highest BCUT2D eigenvalue weighted by molar-refractivity contribution is 6.14. The van der Waals surface area contributed by atoms with Gasteiger partial charge in [-0.1, -0.05) is 0 Å². The molecule has 0 spiro atoms. The number of aliphatic hydroxyl groups excluding tert-OH is 1. The molecule has 1 fully saturated rings. The van der Waals surface area contributed by atoms with Gasteiger partial charge in [0.25, 0.3) is 0 Å². The number of anilines is 1. The second-order valence-electron chi connectivity index (χ2n) is 7.18. The zero-order valence-electron chi connectivity index (χ0n) is 16.6. The van der Waals surface area contributed by atoms with Crippen molar-refractivity contribution >= 4 is 17.3 Å². The average Bonchev–Trinajstić information content (AvgIpc) is 3.17. The minimum atomic E-state index is -4.79. The number of hydrazone groups is 1. The van der Waals surface area contributed by atoms with Crippen molar-refractivity contribution in [1.29, 1.82) is 0 Å². The Morgan fingerprint density at radius 1 is 1.22 bits per heavy atom. The molecule has 0 radical (unpaired) electrons. The number of hydrogen-bond donors (Lipinski definition) is 2. The summed E-state index contributed by atoms with van der Waals surface area (Å²) in [6, 6.07) is 8.15. The van der Waals surface area contributed by atoms with Crippen LogP contribution in [0.1, 0.15) is 5.56 Å². The van der Waals surface area contributed by atoms with E-state index in [4.69, 9.17) is 4.74 Å². The van der Waals surface area contributed by atoms with Crippen molar-refractivity contribution in [3.63, 3.8) is 0 Å². The minimum absolute atomic E-state index is 0.139. The van der Waals surface area contributed by atoms with Gasteiger partial charge in [0.2, 0.25) is 5.91 Å². The highest BCUT2D eigenvalue weighted by Gasteiger charge is 2.32. The molecule has 0 saturated carbocycles. The Hall–Kier alpha value is -3.44. The van der Waals surface area contributed by atoms with Crippen LogP contribution >= 0.6 is 0 Å². The molecular formula is C21H19F3N4O4. The number of benzene rings is 1. The molecule has 11 heteroatoms. The fourth-order valence-corrected chi connectivity index (χ4v) is 3.27. The van der Waals surface area contributed by atoms with Crippen molar-refractivity contribution in [3.05, 3.63) is 66.0 Å². The molecule has 2 aromatic rings. The summed E-state index contributed by atoms with van der Waals surface area (Å²) < 4.78 is 46.4. The number of rotatable bonds is 5. The Morgan fingerprint density at radius 2 is 2.00 bits per heavy atom. The largest absolute Gasteiger partial charge is 0.573 e. The Balaban J connectivity index is 1.61. The lowest BCUT2D eigenvalue weighted by Gasteiger charge is -2.26. The van der Waals surface area contributed by atoms with Gasteiger partial charge in [-0.05, 0) is 42.5 Å². The lowest BCUT2D eigenvalue weighted by Crippen LogP contribution is -2.45. The zero-order valence-corrected chi connectivity index (χ0v) is 16.6. The van der Waals surface area contributed by atoms with Gasteiger partial charge in [0.15, 0.2) is 0 Å². The van der Waals surface area contributed by atoms with Gasteiger partial charge in [-0.2, -0.15) is 5.10 Å². The van der Waals surface area contributed by atoms with Crippen LogP contribution in [0.3, 0.4) is 0 Å². The molecule has 0 unspecified atom stereocenters. The number of carbonyl (C=O) groups is 1. The van der Waals surface area contributed by atoms with Gasteiger partial charge in [-0.15, -0.1) is 13.2 Å². The second-order valence-corrected chi connectivity index (χ2v) is 7.18. The quantitative estimate of drug-likeness (QED) is 0.727. The number of halogens is 3. The summed E-state index contributed by atoms with van der Waals surface area (Å²) in [6.07, 6.45) is -0.851. The van der Waals surface area contributed by atoms with Crippen LogP contribution in [0.4, 0.5) is 18.9 Å². The summed E-state index contributed by atoms with van der Waals surface area (Å²) >= 11 is 0. The van der Waals surface area contributed by atoms with Crippen LogP contribution in [0.2, 0.25) is 0 Å². The van der Waals surface area contributed by atoms with E-state index < -0.39 is 24.4 Å². The molecular weight excluding hydrogens is 429 g/mol. The van der Waals surface area contributed by atoms with Gasteiger partial charge in [0.1, 0.15) is 5.75 Å². The fraction of sp³-hybridized carbons (Fsp3) is 0.286. The van der Waals surface area contributed by atoms with E-state index >= 15 is 0 Å². The minimum Gasteiger partial charge on any atom is -0.406 e. The molecule has 1 amide bonds. The van der Waals surface area contributed by atoms with E-state index in [2.05, 4.69) is 20.1 Å². The lowest BCUT2D eigenvalue weighted by molar-refractivity contribution is -0.274. The SMILES string of the molecule is O=C(N[C@H]1COC[C@@H]1O)C1=CC(c2ccc(OC(F)(F)F)cc2)=NN(c2cccnc2)C1. The summed E-state index contributed by atoms with van der Waals surface area (Å²) in [5.74, 6) is -0.767. The first-order valence-corrected chi connectivity index (χ1v) is 9.68. The molecule has 168 valence electrons. The van der Waals surface area contributed by atoms with Crippen molar-refractivity contribution in [2.45, 2.75) is 18.5 Å². The number of amides is 1. The molecule has 0 bridgehead atoms. The average molecular weight is 448 g/mol. The molecule has 3 heterocycles. The molecule has 1 aromatic carbocycles. The Kier molecular flexibility index (Phi) is 6.10. The number of ether oxygens (including phenoxy) is 2. The molecule has 2 aliphatic heterocycles. The topological polar surface area (TPSA) is 96.3 Å². The van der Waals surface area contributed by atoms with Crippen LogP contribution in [0.5, 0.6) is 5.75 Å². The maximum absolute atomic E-state index is 12.9.